The fourth-order valence-corrected chi connectivity index (χ4v) is 3.24. The third-order valence-corrected chi connectivity index (χ3v) is 4.78. The van der Waals surface area contributed by atoms with Crippen LogP contribution in [0.3, 0.4) is 0 Å². The first-order valence-electron chi connectivity index (χ1n) is 8.11. The molecule has 2 rings (SSSR count). The largest absolute Gasteiger partial charge is 0.389 e. The lowest BCUT2D eigenvalue weighted by Crippen LogP contribution is -2.49. The normalized spacial score (nSPS) is 33.7. The fourth-order valence-electron chi connectivity index (χ4n) is 3.24. The topological polar surface area (TPSA) is 44.7 Å². The first kappa shape index (κ1) is 17.1. The number of nitrogens with one attached hydrogen (secondary N) is 1. The Balaban J connectivity index is 1.78. The van der Waals surface area contributed by atoms with Gasteiger partial charge in [0, 0.05) is 25.4 Å². The Morgan fingerprint density at radius 2 is 1.86 bits per heavy atom. The van der Waals surface area contributed by atoms with Gasteiger partial charge in [-0.3, -0.25) is 0 Å². The van der Waals surface area contributed by atoms with Crippen LogP contribution in [-0.2, 0) is 4.74 Å². The van der Waals surface area contributed by atoms with E-state index in [1.165, 1.54) is 0 Å². The van der Waals surface area contributed by atoms with Crippen LogP contribution in [0.5, 0.6) is 0 Å². The number of ether oxygens (including phenoxy) is 1. The van der Waals surface area contributed by atoms with Crippen LogP contribution in [0.15, 0.2) is 0 Å². The van der Waals surface area contributed by atoms with Crippen molar-refractivity contribution in [3.8, 4) is 0 Å². The number of halogens is 2. The van der Waals surface area contributed by atoms with Crippen molar-refractivity contribution < 1.29 is 18.6 Å². The van der Waals surface area contributed by atoms with E-state index in [2.05, 4.69) is 24.1 Å². The van der Waals surface area contributed by atoms with Crippen molar-refractivity contribution in [1.29, 1.82) is 0 Å². The second-order valence-electron chi connectivity index (χ2n) is 6.25. The van der Waals surface area contributed by atoms with Crippen LogP contribution in [0.2, 0.25) is 0 Å². The zero-order valence-electron chi connectivity index (χ0n) is 13.0. The van der Waals surface area contributed by atoms with Crippen molar-refractivity contribution in [3.63, 3.8) is 0 Å². The standard InChI is InChI=1S/C15H28F2N2O2/c1-3-19(4-2)9-13-14(20)12(10-21-13)18-11-5-7-15(16,17)8-6-11/h11-14,18,20H,3-10H2,1-2H3/t12-,13-,14+/m0/s1. The van der Waals surface area contributed by atoms with Gasteiger partial charge >= 0.3 is 0 Å². The van der Waals surface area contributed by atoms with E-state index in [1.54, 1.807) is 0 Å². The minimum Gasteiger partial charge on any atom is -0.389 e. The number of likely N-dealkylation sites (N-methyl/N-ethyl adjacent to an activating group) is 1. The van der Waals surface area contributed by atoms with Crippen LogP contribution in [0, 0.1) is 0 Å². The van der Waals surface area contributed by atoms with Crippen molar-refractivity contribution in [2.45, 2.75) is 69.7 Å². The molecular weight excluding hydrogens is 278 g/mol. The molecule has 0 aromatic rings. The van der Waals surface area contributed by atoms with Gasteiger partial charge in [0.2, 0.25) is 5.92 Å². The Labute approximate surface area is 125 Å². The highest BCUT2D eigenvalue weighted by molar-refractivity contribution is 4.93. The summed E-state index contributed by atoms with van der Waals surface area (Å²) in [6.45, 7) is 7.21. The van der Waals surface area contributed by atoms with E-state index in [4.69, 9.17) is 4.74 Å². The molecule has 1 saturated heterocycles. The zero-order valence-corrected chi connectivity index (χ0v) is 13.0. The lowest BCUT2D eigenvalue weighted by Gasteiger charge is -2.32. The highest BCUT2D eigenvalue weighted by Gasteiger charge is 2.40. The van der Waals surface area contributed by atoms with Crippen LogP contribution in [0.25, 0.3) is 0 Å². The summed E-state index contributed by atoms with van der Waals surface area (Å²) in [6, 6.07) is -0.0673. The van der Waals surface area contributed by atoms with E-state index in [1.807, 2.05) is 0 Å². The number of aliphatic hydroxyl groups excluding tert-OH is 1. The molecule has 1 heterocycles. The molecule has 0 bridgehead atoms. The molecule has 1 aliphatic carbocycles. The van der Waals surface area contributed by atoms with E-state index in [0.717, 1.165) is 19.6 Å². The summed E-state index contributed by atoms with van der Waals surface area (Å²) in [7, 11) is 0. The van der Waals surface area contributed by atoms with Gasteiger partial charge in [-0.1, -0.05) is 13.8 Å². The molecule has 0 amide bonds. The van der Waals surface area contributed by atoms with Crippen molar-refractivity contribution >= 4 is 0 Å². The van der Waals surface area contributed by atoms with Crippen LogP contribution >= 0.6 is 0 Å². The van der Waals surface area contributed by atoms with Gasteiger partial charge in [-0.25, -0.2) is 8.78 Å². The van der Waals surface area contributed by atoms with E-state index in [0.29, 0.717) is 19.4 Å². The summed E-state index contributed by atoms with van der Waals surface area (Å²) < 4.78 is 32.0. The minimum absolute atomic E-state index is 0.0583. The van der Waals surface area contributed by atoms with Gasteiger partial charge in [-0.15, -0.1) is 0 Å². The summed E-state index contributed by atoms with van der Waals surface area (Å²) in [4.78, 5) is 2.22. The predicted octanol–water partition coefficient (Wildman–Crippen LogP) is 1.62. The lowest BCUT2D eigenvalue weighted by atomic mass is 9.91. The summed E-state index contributed by atoms with van der Waals surface area (Å²) in [6.07, 6.45) is 0.0722. The monoisotopic (exact) mass is 306 g/mol. The fraction of sp³-hybridized carbons (Fsp3) is 1.00. The van der Waals surface area contributed by atoms with Crippen LogP contribution in [0.4, 0.5) is 8.78 Å². The number of hydrogen-bond acceptors (Lipinski definition) is 4. The van der Waals surface area contributed by atoms with E-state index < -0.39 is 12.0 Å². The second kappa shape index (κ2) is 7.31. The molecule has 3 atom stereocenters. The number of rotatable bonds is 6. The molecule has 124 valence electrons. The second-order valence-corrected chi connectivity index (χ2v) is 6.25. The Morgan fingerprint density at radius 1 is 1.24 bits per heavy atom. The third kappa shape index (κ3) is 4.58. The van der Waals surface area contributed by atoms with Crippen molar-refractivity contribution in [3.05, 3.63) is 0 Å². The summed E-state index contributed by atoms with van der Waals surface area (Å²) in [5.41, 5.74) is 0. The maximum atomic E-state index is 13.1. The zero-order chi connectivity index (χ0) is 15.5. The van der Waals surface area contributed by atoms with Gasteiger partial charge in [0.25, 0.3) is 0 Å². The third-order valence-electron chi connectivity index (χ3n) is 4.78. The predicted molar refractivity (Wildman–Crippen MR) is 77.7 cm³/mol. The molecule has 0 aromatic carbocycles. The molecule has 0 unspecified atom stereocenters. The molecule has 0 radical (unpaired) electrons. The molecular formula is C15H28F2N2O2. The molecule has 4 nitrogen and oxygen atoms in total. The maximum Gasteiger partial charge on any atom is 0.248 e. The minimum atomic E-state index is -2.51. The van der Waals surface area contributed by atoms with Gasteiger partial charge < -0.3 is 20.1 Å². The molecule has 1 aliphatic heterocycles. The Kier molecular flexibility index (Phi) is 5.94. The van der Waals surface area contributed by atoms with Gasteiger partial charge in [0.15, 0.2) is 0 Å². The SMILES string of the molecule is CCN(CC)C[C@@H]1OC[C@H](NC2CCC(F)(F)CC2)[C@H]1O. The number of nitrogens with zero attached hydrogens (tertiary/aromatic N) is 1. The van der Waals surface area contributed by atoms with E-state index in [9.17, 15) is 13.9 Å². The average Bonchev–Trinajstić information content (AvgIpc) is 2.79. The highest BCUT2D eigenvalue weighted by Crippen LogP contribution is 2.33. The molecule has 1 saturated carbocycles. The quantitative estimate of drug-likeness (QED) is 0.783. The Bertz CT molecular complexity index is 317. The van der Waals surface area contributed by atoms with Gasteiger partial charge in [-0.2, -0.15) is 0 Å². The summed E-state index contributed by atoms with van der Waals surface area (Å²) in [5, 5.41) is 13.7. The van der Waals surface area contributed by atoms with Crippen LogP contribution in [-0.4, -0.2) is 66.5 Å². The summed E-state index contributed by atoms with van der Waals surface area (Å²) in [5.74, 6) is -2.51. The van der Waals surface area contributed by atoms with Crippen molar-refractivity contribution in [2.75, 3.05) is 26.2 Å². The number of alkyl halides is 2. The van der Waals surface area contributed by atoms with Crippen molar-refractivity contribution in [2.24, 2.45) is 0 Å². The molecule has 6 heteroatoms. The summed E-state index contributed by atoms with van der Waals surface area (Å²) >= 11 is 0. The molecule has 2 aliphatic rings. The first-order valence-corrected chi connectivity index (χ1v) is 8.11. The Hall–Kier alpha value is -0.300. The number of aliphatic hydroxyl groups is 1. The molecule has 2 fully saturated rings. The average molecular weight is 306 g/mol. The number of hydrogen-bond donors (Lipinski definition) is 2. The van der Waals surface area contributed by atoms with Crippen LogP contribution < -0.4 is 5.32 Å². The molecule has 21 heavy (non-hydrogen) atoms. The smallest absolute Gasteiger partial charge is 0.248 e. The molecule has 0 aromatic heterocycles. The van der Waals surface area contributed by atoms with E-state index >= 15 is 0 Å². The first-order chi connectivity index (χ1) is 9.95. The van der Waals surface area contributed by atoms with Gasteiger partial charge in [0.05, 0.1) is 24.9 Å². The lowest BCUT2D eigenvalue weighted by molar-refractivity contribution is -0.0422. The van der Waals surface area contributed by atoms with Gasteiger partial charge in [0.1, 0.15) is 0 Å². The van der Waals surface area contributed by atoms with Crippen molar-refractivity contribution in [1.82, 2.24) is 10.2 Å². The Morgan fingerprint density at radius 3 is 2.43 bits per heavy atom. The molecule has 2 N–H and O–H groups in total. The van der Waals surface area contributed by atoms with E-state index in [-0.39, 0.29) is 31.0 Å². The molecule has 0 spiro atoms. The van der Waals surface area contributed by atoms with Crippen LogP contribution in [0.1, 0.15) is 39.5 Å². The highest BCUT2D eigenvalue weighted by atomic mass is 19.3. The van der Waals surface area contributed by atoms with Gasteiger partial charge in [-0.05, 0) is 25.9 Å². The maximum absolute atomic E-state index is 13.1.